The Bertz CT molecular complexity index is 980. The zero-order chi connectivity index (χ0) is 21.5. The van der Waals surface area contributed by atoms with Gasteiger partial charge in [-0.15, -0.1) is 0 Å². The minimum atomic E-state index is 0.170. The van der Waals surface area contributed by atoms with Crippen LogP contribution in [0.5, 0.6) is 0 Å². The van der Waals surface area contributed by atoms with Gasteiger partial charge in [0.05, 0.1) is 11.0 Å². The van der Waals surface area contributed by atoms with Gasteiger partial charge in [0, 0.05) is 25.9 Å². The van der Waals surface area contributed by atoms with Crippen molar-refractivity contribution in [2.75, 3.05) is 6.54 Å². The van der Waals surface area contributed by atoms with E-state index in [1.54, 1.807) is 0 Å². The predicted octanol–water partition coefficient (Wildman–Crippen LogP) is 5.64. The summed E-state index contributed by atoms with van der Waals surface area (Å²) in [7, 11) is 0. The number of amides is 1. The molecule has 3 rings (SSSR count). The summed E-state index contributed by atoms with van der Waals surface area (Å²) < 4.78 is 2.39. The standard InChI is InChI=1S/C26H35N3O/c1-5-11-26(30)27-15-10-6-7-14-25-28-23-12-8-9-13-24(23)29(25)18-22-20(3)16-19(2)17-21(22)4/h8-9,12-13,16-17H,5-7,10-11,14-15,18H2,1-4H3,(H,27,30). The van der Waals surface area contributed by atoms with Gasteiger partial charge >= 0.3 is 0 Å². The van der Waals surface area contributed by atoms with E-state index in [2.05, 4.69) is 67.1 Å². The van der Waals surface area contributed by atoms with E-state index in [1.165, 1.54) is 27.8 Å². The van der Waals surface area contributed by atoms with Crippen molar-refractivity contribution in [3.63, 3.8) is 0 Å². The molecule has 0 saturated heterocycles. The van der Waals surface area contributed by atoms with E-state index in [0.29, 0.717) is 6.42 Å². The molecule has 0 aliphatic heterocycles. The van der Waals surface area contributed by atoms with Crippen molar-refractivity contribution in [1.29, 1.82) is 0 Å². The number of nitrogens with zero attached hydrogens (tertiary/aromatic N) is 2. The molecule has 3 aromatic rings. The normalized spacial score (nSPS) is 11.2. The molecule has 1 amide bonds. The quantitative estimate of drug-likeness (QED) is 0.444. The number of para-hydroxylation sites is 2. The fraction of sp³-hybridized carbons (Fsp3) is 0.462. The number of fused-ring (bicyclic) bond motifs is 1. The molecule has 1 N–H and O–H groups in total. The second kappa shape index (κ2) is 10.4. The predicted molar refractivity (Wildman–Crippen MR) is 125 cm³/mol. The topological polar surface area (TPSA) is 46.9 Å². The Hall–Kier alpha value is -2.62. The van der Waals surface area contributed by atoms with Gasteiger partial charge in [0.25, 0.3) is 0 Å². The molecule has 4 nitrogen and oxygen atoms in total. The minimum Gasteiger partial charge on any atom is -0.356 e. The van der Waals surface area contributed by atoms with Gasteiger partial charge < -0.3 is 9.88 Å². The maximum absolute atomic E-state index is 11.6. The highest BCUT2D eigenvalue weighted by atomic mass is 16.1. The molecular weight excluding hydrogens is 370 g/mol. The zero-order valence-electron chi connectivity index (χ0n) is 18.9. The van der Waals surface area contributed by atoms with Gasteiger partial charge in [-0.1, -0.05) is 43.2 Å². The van der Waals surface area contributed by atoms with E-state index in [0.717, 1.165) is 56.5 Å². The number of hydrogen-bond donors (Lipinski definition) is 1. The van der Waals surface area contributed by atoms with E-state index in [1.807, 2.05) is 6.92 Å². The third kappa shape index (κ3) is 5.50. The average Bonchev–Trinajstić information content (AvgIpc) is 3.05. The van der Waals surface area contributed by atoms with Gasteiger partial charge in [0.1, 0.15) is 5.82 Å². The number of benzene rings is 2. The van der Waals surface area contributed by atoms with E-state index in [4.69, 9.17) is 4.98 Å². The summed E-state index contributed by atoms with van der Waals surface area (Å²) in [6.45, 7) is 10.2. The van der Waals surface area contributed by atoms with Crippen molar-refractivity contribution >= 4 is 16.9 Å². The molecule has 2 aromatic carbocycles. The molecule has 160 valence electrons. The molecule has 0 aliphatic rings. The fourth-order valence-electron chi connectivity index (χ4n) is 4.24. The number of imidazole rings is 1. The maximum atomic E-state index is 11.6. The summed E-state index contributed by atoms with van der Waals surface area (Å²) in [5, 5.41) is 3.01. The van der Waals surface area contributed by atoms with Crippen LogP contribution in [0, 0.1) is 20.8 Å². The highest BCUT2D eigenvalue weighted by Gasteiger charge is 2.13. The molecule has 0 spiro atoms. The van der Waals surface area contributed by atoms with Crippen LogP contribution in [-0.2, 0) is 17.8 Å². The van der Waals surface area contributed by atoms with Gasteiger partial charge in [0.15, 0.2) is 0 Å². The molecule has 0 saturated carbocycles. The van der Waals surface area contributed by atoms with Gasteiger partial charge in [0.2, 0.25) is 5.91 Å². The second-order valence-electron chi connectivity index (χ2n) is 8.39. The highest BCUT2D eigenvalue weighted by Crippen LogP contribution is 2.23. The molecule has 0 radical (unpaired) electrons. The minimum absolute atomic E-state index is 0.170. The van der Waals surface area contributed by atoms with E-state index < -0.39 is 0 Å². The lowest BCUT2D eigenvalue weighted by Gasteiger charge is -2.15. The largest absolute Gasteiger partial charge is 0.356 e. The van der Waals surface area contributed by atoms with Crippen LogP contribution in [0.2, 0.25) is 0 Å². The van der Waals surface area contributed by atoms with Crippen LogP contribution in [0.4, 0.5) is 0 Å². The van der Waals surface area contributed by atoms with Crippen molar-refractivity contribution < 1.29 is 4.79 Å². The van der Waals surface area contributed by atoms with Gasteiger partial charge in [-0.3, -0.25) is 4.79 Å². The summed E-state index contributed by atoms with van der Waals surface area (Å²) in [6.07, 6.45) is 5.69. The van der Waals surface area contributed by atoms with Crippen molar-refractivity contribution in [3.8, 4) is 0 Å². The Morgan fingerprint density at radius 1 is 1.03 bits per heavy atom. The van der Waals surface area contributed by atoms with E-state index >= 15 is 0 Å². The monoisotopic (exact) mass is 405 g/mol. The summed E-state index contributed by atoms with van der Waals surface area (Å²) in [5.41, 5.74) is 7.68. The van der Waals surface area contributed by atoms with Crippen molar-refractivity contribution in [1.82, 2.24) is 14.9 Å². The van der Waals surface area contributed by atoms with Gasteiger partial charge in [-0.05, 0) is 68.9 Å². The second-order valence-corrected chi connectivity index (χ2v) is 8.39. The molecule has 4 heteroatoms. The SMILES string of the molecule is CCCC(=O)NCCCCCc1nc2ccccc2n1Cc1c(C)cc(C)cc1C. The number of hydrogen-bond acceptors (Lipinski definition) is 2. The van der Waals surface area contributed by atoms with Gasteiger partial charge in [-0.2, -0.15) is 0 Å². The van der Waals surface area contributed by atoms with E-state index in [-0.39, 0.29) is 5.91 Å². The van der Waals surface area contributed by atoms with Crippen LogP contribution in [0.15, 0.2) is 36.4 Å². The smallest absolute Gasteiger partial charge is 0.219 e. The molecule has 0 fully saturated rings. The molecule has 1 heterocycles. The van der Waals surface area contributed by atoms with Gasteiger partial charge in [-0.25, -0.2) is 4.98 Å². The van der Waals surface area contributed by atoms with Crippen LogP contribution in [0.25, 0.3) is 11.0 Å². The zero-order valence-corrected chi connectivity index (χ0v) is 18.9. The molecule has 0 bridgehead atoms. The Morgan fingerprint density at radius 3 is 2.50 bits per heavy atom. The number of aromatic nitrogens is 2. The van der Waals surface area contributed by atoms with Crippen molar-refractivity contribution in [2.45, 2.75) is 72.8 Å². The van der Waals surface area contributed by atoms with Crippen LogP contribution < -0.4 is 5.32 Å². The third-order valence-corrected chi connectivity index (χ3v) is 5.77. The molecule has 0 unspecified atom stereocenters. The number of rotatable bonds is 10. The first kappa shape index (κ1) is 22.1. The molecular formula is C26H35N3O. The average molecular weight is 406 g/mol. The maximum Gasteiger partial charge on any atom is 0.219 e. The summed E-state index contributed by atoms with van der Waals surface area (Å²) in [5.74, 6) is 1.33. The van der Waals surface area contributed by atoms with Crippen LogP contribution in [0.1, 0.15) is 67.1 Å². The molecule has 1 aromatic heterocycles. The van der Waals surface area contributed by atoms with Crippen molar-refractivity contribution in [3.05, 3.63) is 64.5 Å². The lowest BCUT2D eigenvalue weighted by Crippen LogP contribution is -2.23. The summed E-state index contributed by atoms with van der Waals surface area (Å²) >= 11 is 0. The van der Waals surface area contributed by atoms with Crippen LogP contribution in [-0.4, -0.2) is 22.0 Å². The number of aryl methyl sites for hydroxylation is 4. The lowest BCUT2D eigenvalue weighted by molar-refractivity contribution is -0.121. The first-order valence-corrected chi connectivity index (χ1v) is 11.3. The number of carbonyl (C=O) groups is 1. The Morgan fingerprint density at radius 2 is 1.77 bits per heavy atom. The van der Waals surface area contributed by atoms with Crippen molar-refractivity contribution in [2.24, 2.45) is 0 Å². The highest BCUT2D eigenvalue weighted by molar-refractivity contribution is 5.76. The Labute approximate surface area is 180 Å². The van der Waals surface area contributed by atoms with Crippen LogP contribution in [0.3, 0.4) is 0 Å². The first-order chi connectivity index (χ1) is 14.5. The fourth-order valence-corrected chi connectivity index (χ4v) is 4.24. The van der Waals surface area contributed by atoms with Crippen LogP contribution >= 0.6 is 0 Å². The summed E-state index contributed by atoms with van der Waals surface area (Å²) in [6, 6.07) is 13.0. The number of unbranched alkanes of at least 4 members (excludes halogenated alkanes) is 2. The molecule has 30 heavy (non-hydrogen) atoms. The first-order valence-electron chi connectivity index (χ1n) is 11.3. The van der Waals surface area contributed by atoms with E-state index in [9.17, 15) is 4.79 Å². The lowest BCUT2D eigenvalue weighted by atomic mass is 9.99. The Balaban J connectivity index is 1.69. The number of carbonyl (C=O) groups excluding carboxylic acids is 1. The third-order valence-electron chi connectivity index (χ3n) is 5.77. The molecule has 0 atom stereocenters. The molecule has 0 aliphatic carbocycles. The Kier molecular flexibility index (Phi) is 7.67. The summed E-state index contributed by atoms with van der Waals surface area (Å²) in [4.78, 5) is 16.5. The number of nitrogens with one attached hydrogen (secondary N) is 1.